The molecule has 0 aromatic heterocycles. The van der Waals surface area contributed by atoms with E-state index >= 15 is 0 Å². The molecule has 0 aromatic carbocycles. The number of allylic oxidation sites excluding steroid dienone is 2. The summed E-state index contributed by atoms with van der Waals surface area (Å²) < 4.78 is 6.10. The van der Waals surface area contributed by atoms with Gasteiger partial charge in [-0.2, -0.15) is 0 Å². The Bertz CT molecular complexity index is 325. The van der Waals surface area contributed by atoms with Crippen LogP contribution in [0.2, 0.25) is 0 Å². The second-order valence-electron chi connectivity index (χ2n) is 7.60. The van der Waals surface area contributed by atoms with Crippen molar-refractivity contribution in [3.05, 3.63) is 11.6 Å². The summed E-state index contributed by atoms with van der Waals surface area (Å²) in [6, 6.07) is 0. The minimum absolute atomic E-state index is 0.0880. The summed E-state index contributed by atoms with van der Waals surface area (Å²) in [4.78, 5) is 0. The molecule has 2 rings (SSSR count). The van der Waals surface area contributed by atoms with E-state index in [9.17, 15) is 0 Å². The van der Waals surface area contributed by atoms with Gasteiger partial charge in [0.05, 0.1) is 12.2 Å². The van der Waals surface area contributed by atoms with E-state index < -0.39 is 0 Å². The van der Waals surface area contributed by atoms with Gasteiger partial charge in [-0.15, -0.1) is 0 Å². The lowest BCUT2D eigenvalue weighted by molar-refractivity contribution is -0.135. The van der Waals surface area contributed by atoms with Crippen molar-refractivity contribution in [1.29, 1.82) is 0 Å². The Balaban J connectivity index is 2.14. The zero-order valence-electron chi connectivity index (χ0n) is 12.4. The van der Waals surface area contributed by atoms with Gasteiger partial charge < -0.3 is 4.74 Å². The summed E-state index contributed by atoms with van der Waals surface area (Å²) >= 11 is 0. The molecular formula is C16H28O. The van der Waals surface area contributed by atoms with Crippen molar-refractivity contribution in [3.8, 4) is 0 Å². The van der Waals surface area contributed by atoms with Crippen molar-refractivity contribution in [2.75, 3.05) is 6.61 Å². The zero-order valence-corrected chi connectivity index (χ0v) is 12.4. The quantitative estimate of drug-likeness (QED) is 0.606. The predicted molar refractivity (Wildman–Crippen MR) is 73.0 cm³/mol. The highest BCUT2D eigenvalue weighted by Gasteiger charge is 2.49. The summed E-state index contributed by atoms with van der Waals surface area (Å²) in [5.41, 5.74) is 2.35. The fourth-order valence-electron chi connectivity index (χ4n) is 3.65. The maximum absolute atomic E-state index is 6.10. The third-order valence-electron chi connectivity index (χ3n) is 5.48. The molecule has 1 nitrogen and oxygen atoms in total. The zero-order chi connectivity index (χ0) is 12.9. The van der Waals surface area contributed by atoms with E-state index in [1.54, 1.807) is 5.57 Å². The smallest absolute Gasteiger partial charge is 0.0627 e. The minimum atomic E-state index is 0.0880. The molecule has 2 unspecified atom stereocenters. The summed E-state index contributed by atoms with van der Waals surface area (Å²) in [5, 5.41) is 0. The molecule has 98 valence electrons. The van der Waals surface area contributed by atoms with Crippen LogP contribution in [-0.4, -0.2) is 12.2 Å². The SMILES string of the molecule is CC1=CCC(C2(C)CCC(C)(C)OC2)C1(C)C. The van der Waals surface area contributed by atoms with Crippen LogP contribution in [0, 0.1) is 16.7 Å². The molecule has 0 spiro atoms. The summed E-state index contributed by atoms with van der Waals surface area (Å²) in [7, 11) is 0. The normalized spacial score (nSPS) is 40.1. The molecule has 1 aliphatic heterocycles. The Morgan fingerprint density at radius 3 is 2.18 bits per heavy atom. The third-order valence-corrected chi connectivity index (χ3v) is 5.48. The molecule has 1 aliphatic carbocycles. The van der Waals surface area contributed by atoms with Crippen molar-refractivity contribution in [2.24, 2.45) is 16.7 Å². The second-order valence-corrected chi connectivity index (χ2v) is 7.60. The largest absolute Gasteiger partial charge is 0.375 e. The predicted octanol–water partition coefficient (Wildman–Crippen LogP) is 4.57. The lowest BCUT2D eigenvalue weighted by atomic mass is 9.61. The van der Waals surface area contributed by atoms with Crippen molar-refractivity contribution in [1.82, 2.24) is 0 Å². The van der Waals surface area contributed by atoms with Crippen LogP contribution < -0.4 is 0 Å². The highest BCUT2D eigenvalue weighted by Crippen LogP contribution is 2.55. The molecule has 1 fully saturated rings. The van der Waals surface area contributed by atoms with E-state index in [4.69, 9.17) is 4.74 Å². The molecule has 0 amide bonds. The molecule has 2 aliphatic rings. The van der Waals surface area contributed by atoms with Crippen molar-refractivity contribution < 1.29 is 4.74 Å². The first-order valence-electron chi connectivity index (χ1n) is 6.99. The van der Waals surface area contributed by atoms with Gasteiger partial charge >= 0.3 is 0 Å². The highest BCUT2D eigenvalue weighted by atomic mass is 16.5. The van der Waals surface area contributed by atoms with Crippen molar-refractivity contribution in [3.63, 3.8) is 0 Å². The van der Waals surface area contributed by atoms with Crippen LogP contribution in [0.25, 0.3) is 0 Å². The van der Waals surface area contributed by atoms with Gasteiger partial charge in [0.25, 0.3) is 0 Å². The first kappa shape index (κ1) is 13.1. The van der Waals surface area contributed by atoms with Crippen molar-refractivity contribution in [2.45, 2.75) is 66.4 Å². The third kappa shape index (κ3) is 2.19. The van der Waals surface area contributed by atoms with Crippen LogP contribution in [0.15, 0.2) is 11.6 Å². The van der Waals surface area contributed by atoms with Crippen LogP contribution in [0.5, 0.6) is 0 Å². The monoisotopic (exact) mass is 236 g/mol. The van der Waals surface area contributed by atoms with Crippen LogP contribution in [-0.2, 0) is 4.74 Å². The van der Waals surface area contributed by atoms with Gasteiger partial charge in [0, 0.05) is 0 Å². The second kappa shape index (κ2) is 3.85. The van der Waals surface area contributed by atoms with Crippen molar-refractivity contribution >= 4 is 0 Å². The van der Waals surface area contributed by atoms with E-state index in [1.807, 2.05) is 0 Å². The summed E-state index contributed by atoms with van der Waals surface area (Å²) in [5.74, 6) is 0.742. The number of rotatable bonds is 1. The van der Waals surface area contributed by atoms with Gasteiger partial charge in [-0.1, -0.05) is 32.4 Å². The molecule has 0 radical (unpaired) electrons. The average molecular weight is 236 g/mol. The molecule has 1 saturated heterocycles. The summed E-state index contributed by atoms with van der Waals surface area (Å²) in [6.45, 7) is 14.9. The lowest BCUT2D eigenvalue weighted by Crippen LogP contribution is -2.46. The van der Waals surface area contributed by atoms with E-state index in [1.165, 1.54) is 19.3 Å². The molecule has 0 saturated carbocycles. The Kier molecular flexibility index (Phi) is 2.97. The van der Waals surface area contributed by atoms with E-state index in [0.717, 1.165) is 12.5 Å². The van der Waals surface area contributed by atoms with Crippen LogP contribution in [0.3, 0.4) is 0 Å². The maximum atomic E-state index is 6.10. The molecule has 1 heteroatoms. The standard InChI is InChI=1S/C16H28O/c1-12-7-8-13(15(12,4)5)16(6)10-9-14(2,3)17-11-16/h7,13H,8-11H2,1-6H3. The van der Waals surface area contributed by atoms with E-state index in [2.05, 4.69) is 47.6 Å². The molecule has 0 aromatic rings. The van der Waals surface area contributed by atoms with Crippen LogP contribution in [0.4, 0.5) is 0 Å². The number of ether oxygens (including phenoxy) is 1. The molecule has 0 bridgehead atoms. The Labute approximate surface area is 107 Å². The lowest BCUT2D eigenvalue weighted by Gasteiger charge is -2.49. The Morgan fingerprint density at radius 2 is 1.76 bits per heavy atom. The van der Waals surface area contributed by atoms with E-state index in [-0.39, 0.29) is 5.60 Å². The Morgan fingerprint density at radius 1 is 1.12 bits per heavy atom. The van der Waals surface area contributed by atoms with Gasteiger partial charge in [-0.3, -0.25) is 0 Å². The van der Waals surface area contributed by atoms with Gasteiger partial charge in [-0.05, 0) is 56.8 Å². The number of hydrogen-bond acceptors (Lipinski definition) is 1. The molecule has 17 heavy (non-hydrogen) atoms. The molecule has 0 N–H and O–H groups in total. The van der Waals surface area contributed by atoms with Gasteiger partial charge in [0.1, 0.15) is 0 Å². The van der Waals surface area contributed by atoms with Gasteiger partial charge in [-0.25, -0.2) is 0 Å². The summed E-state index contributed by atoms with van der Waals surface area (Å²) in [6.07, 6.45) is 6.17. The number of hydrogen-bond donors (Lipinski definition) is 0. The van der Waals surface area contributed by atoms with Crippen LogP contribution >= 0.6 is 0 Å². The Hall–Kier alpha value is -0.300. The topological polar surface area (TPSA) is 9.23 Å². The molecular weight excluding hydrogens is 208 g/mol. The average Bonchev–Trinajstić information content (AvgIpc) is 2.48. The van der Waals surface area contributed by atoms with Crippen LogP contribution in [0.1, 0.15) is 60.8 Å². The molecule has 1 heterocycles. The first-order valence-corrected chi connectivity index (χ1v) is 6.99. The highest BCUT2D eigenvalue weighted by molar-refractivity contribution is 5.20. The molecule has 2 atom stereocenters. The minimum Gasteiger partial charge on any atom is -0.375 e. The first-order chi connectivity index (χ1) is 7.67. The fraction of sp³-hybridized carbons (Fsp3) is 0.875. The van der Waals surface area contributed by atoms with E-state index in [0.29, 0.717) is 10.8 Å². The maximum Gasteiger partial charge on any atom is 0.0627 e. The van der Waals surface area contributed by atoms with Gasteiger partial charge in [0.2, 0.25) is 0 Å². The fourth-order valence-corrected chi connectivity index (χ4v) is 3.65. The van der Waals surface area contributed by atoms with Gasteiger partial charge in [0.15, 0.2) is 0 Å².